The maximum atomic E-state index is 6.05. The molecule has 0 aliphatic carbocycles. The smallest absolute Gasteiger partial charge is 0.0692 e. The van der Waals surface area contributed by atoms with Crippen LogP contribution in [-0.4, -0.2) is 6.54 Å². The lowest BCUT2D eigenvalue weighted by Gasteiger charge is -2.31. The molecule has 3 rings (SSSR count). The number of halogens is 2. The van der Waals surface area contributed by atoms with Crippen LogP contribution in [0.3, 0.4) is 0 Å². The summed E-state index contributed by atoms with van der Waals surface area (Å²) in [4.78, 5) is 2.19. The van der Waals surface area contributed by atoms with Crippen LogP contribution in [0, 0.1) is 6.07 Å². The summed E-state index contributed by atoms with van der Waals surface area (Å²) >= 11 is 12.0. The minimum absolute atomic E-state index is 0.454. The summed E-state index contributed by atoms with van der Waals surface area (Å²) in [5.74, 6) is 0. The summed E-state index contributed by atoms with van der Waals surface area (Å²) in [6.45, 7) is 0.935. The van der Waals surface area contributed by atoms with Gasteiger partial charge in [0.2, 0.25) is 0 Å². The second-order valence-electron chi connectivity index (χ2n) is 4.65. The summed E-state index contributed by atoms with van der Waals surface area (Å²) < 4.78 is 0. The van der Waals surface area contributed by atoms with Gasteiger partial charge in [-0.1, -0.05) is 29.3 Å². The first kappa shape index (κ1) is 12.6. The quantitative estimate of drug-likeness (QED) is 0.786. The van der Waals surface area contributed by atoms with E-state index in [1.165, 1.54) is 5.56 Å². The lowest BCUT2D eigenvalue weighted by molar-refractivity contribution is 0.767. The molecule has 0 spiro atoms. The number of nitrogens with two attached hydrogens (primary N) is 1. The van der Waals surface area contributed by atoms with Crippen molar-refractivity contribution < 1.29 is 0 Å². The molecule has 0 unspecified atom stereocenters. The Morgan fingerprint density at radius 1 is 1.16 bits per heavy atom. The molecule has 1 radical (unpaired) electrons. The molecule has 0 saturated carbocycles. The van der Waals surface area contributed by atoms with Crippen LogP contribution in [0.15, 0.2) is 30.3 Å². The highest BCUT2D eigenvalue weighted by Crippen LogP contribution is 2.36. The summed E-state index contributed by atoms with van der Waals surface area (Å²) in [7, 11) is 0. The van der Waals surface area contributed by atoms with E-state index in [4.69, 9.17) is 28.9 Å². The van der Waals surface area contributed by atoms with Crippen LogP contribution in [0.4, 0.5) is 17.1 Å². The van der Waals surface area contributed by atoms with E-state index in [-0.39, 0.29) is 0 Å². The van der Waals surface area contributed by atoms with Gasteiger partial charge in [0.1, 0.15) is 0 Å². The molecule has 0 amide bonds. The Hall–Kier alpha value is -1.38. The Labute approximate surface area is 122 Å². The Balaban J connectivity index is 2.07. The topological polar surface area (TPSA) is 29.3 Å². The largest absolute Gasteiger partial charge is 0.399 e. The van der Waals surface area contributed by atoms with Crippen molar-refractivity contribution in [2.75, 3.05) is 17.2 Å². The van der Waals surface area contributed by atoms with E-state index in [0.29, 0.717) is 10.0 Å². The zero-order chi connectivity index (χ0) is 13.4. The van der Waals surface area contributed by atoms with Crippen LogP contribution in [0.1, 0.15) is 12.0 Å². The van der Waals surface area contributed by atoms with Crippen LogP contribution in [-0.2, 0) is 6.42 Å². The number of fused-ring (bicyclic) bond motifs is 1. The fourth-order valence-electron chi connectivity index (χ4n) is 2.44. The molecule has 0 fully saturated rings. The first-order valence-electron chi connectivity index (χ1n) is 6.18. The summed E-state index contributed by atoms with van der Waals surface area (Å²) in [6.07, 6.45) is 2.18. The highest BCUT2D eigenvalue weighted by atomic mass is 35.5. The number of anilines is 3. The van der Waals surface area contributed by atoms with E-state index in [2.05, 4.69) is 17.0 Å². The van der Waals surface area contributed by atoms with Gasteiger partial charge in [0, 0.05) is 24.0 Å². The monoisotopic (exact) mass is 291 g/mol. The minimum atomic E-state index is 0.454. The fourth-order valence-corrected chi connectivity index (χ4v) is 2.71. The maximum absolute atomic E-state index is 6.05. The Morgan fingerprint density at radius 2 is 2.00 bits per heavy atom. The van der Waals surface area contributed by atoms with Crippen molar-refractivity contribution in [2.24, 2.45) is 0 Å². The molecule has 97 valence electrons. The molecule has 1 aliphatic heterocycles. The summed E-state index contributed by atoms with van der Waals surface area (Å²) in [5, 5.41) is 0.977. The average Bonchev–Trinajstić information content (AvgIpc) is 2.41. The molecule has 2 aromatic rings. The van der Waals surface area contributed by atoms with Crippen molar-refractivity contribution in [3.05, 3.63) is 52.0 Å². The molecule has 2 aromatic carbocycles. The van der Waals surface area contributed by atoms with Gasteiger partial charge >= 0.3 is 0 Å². The Bertz CT molecular complexity index is 626. The van der Waals surface area contributed by atoms with Crippen LogP contribution in [0.25, 0.3) is 0 Å². The zero-order valence-corrected chi connectivity index (χ0v) is 11.8. The van der Waals surface area contributed by atoms with Gasteiger partial charge in [0.15, 0.2) is 0 Å². The van der Waals surface area contributed by atoms with Gasteiger partial charge in [-0.3, -0.25) is 0 Å². The predicted octanol–water partition coefficient (Wildman–Crippen LogP) is 4.46. The van der Waals surface area contributed by atoms with Crippen molar-refractivity contribution in [2.45, 2.75) is 12.8 Å². The van der Waals surface area contributed by atoms with E-state index in [0.717, 1.165) is 36.4 Å². The van der Waals surface area contributed by atoms with E-state index in [1.807, 2.05) is 18.2 Å². The van der Waals surface area contributed by atoms with E-state index in [1.54, 1.807) is 6.07 Å². The van der Waals surface area contributed by atoms with Crippen LogP contribution < -0.4 is 10.6 Å². The molecule has 19 heavy (non-hydrogen) atoms. The van der Waals surface area contributed by atoms with Crippen molar-refractivity contribution in [3.63, 3.8) is 0 Å². The van der Waals surface area contributed by atoms with Crippen LogP contribution >= 0.6 is 23.2 Å². The third-order valence-electron chi connectivity index (χ3n) is 3.35. The van der Waals surface area contributed by atoms with E-state index in [9.17, 15) is 0 Å². The van der Waals surface area contributed by atoms with Crippen molar-refractivity contribution in [1.82, 2.24) is 0 Å². The third-order valence-corrected chi connectivity index (χ3v) is 4.06. The molecule has 1 heterocycles. The van der Waals surface area contributed by atoms with Crippen molar-refractivity contribution in [1.29, 1.82) is 0 Å². The number of nitrogens with zero attached hydrogens (tertiary/aromatic N) is 1. The van der Waals surface area contributed by atoms with E-state index >= 15 is 0 Å². The Kier molecular flexibility index (Phi) is 3.29. The van der Waals surface area contributed by atoms with Gasteiger partial charge < -0.3 is 10.6 Å². The number of benzene rings is 2. The van der Waals surface area contributed by atoms with Crippen LogP contribution in [0.5, 0.6) is 0 Å². The van der Waals surface area contributed by atoms with Gasteiger partial charge in [-0.05, 0) is 42.7 Å². The number of hydrogen-bond acceptors (Lipinski definition) is 2. The lowest BCUT2D eigenvalue weighted by atomic mass is 10.0. The predicted molar refractivity (Wildman–Crippen MR) is 81.5 cm³/mol. The average molecular weight is 292 g/mol. The first-order chi connectivity index (χ1) is 9.15. The zero-order valence-electron chi connectivity index (χ0n) is 10.3. The molecular formula is C15H13Cl2N2. The molecule has 0 bridgehead atoms. The molecule has 2 N–H and O–H groups in total. The van der Waals surface area contributed by atoms with Gasteiger partial charge in [-0.25, -0.2) is 0 Å². The fraction of sp³-hybridized carbons (Fsp3) is 0.200. The summed E-state index contributed by atoms with van der Waals surface area (Å²) in [5.41, 5.74) is 10.0. The Morgan fingerprint density at radius 3 is 2.79 bits per heavy atom. The van der Waals surface area contributed by atoms with Crippen LogP contribution in [0.2, 0.25) is 10.0 Å². The van der Waals surface area contributed by atoms with E-state index < -0.39 is 0 Å². The molecule has 1 aliphatic rings. The molecule has 0 saturated heterocycles. The highest BCUT2D eigenvalue weighted by Gasteiger charge is 2.19. The molecule has 0 aromatic heterocycles. The molecule has 2 nitrogen and oxygen atoms in total. The van der Waals surface area contributed by atoms with Gasteiger partial charge in [-0.15, -0.1) is 0 Å². The number of aryl methyl sites for hydroxylation is 1. The molecule has 4 heteroatoms. The normalized spacial score (nSPS) is 14.3. The van der Waals surface area contributed by atoms with Gasteiger partial charge in [-0.2, -0.15) is 0 Å². The number of hydrogen-bond donors (Lipinski definition) is 1. The standard InChI is InChI=1S/C15H13Cl2N2/c16-13-6-5-12(9-14(13)17)19-7-1-2-10-3-4-11(18)8-15(10)19/h3-6,8H,1-2,7,18H2. The highest BCUT2D eigenvalue weighted by molar-refractivity contribution is 6.42. The molecule has 0 atom stereocenters. The third kappa shape index (κ3) is 2.38. The van der Waals surface area contributed by atoms with Crippen molar-refractivity contribution in [3.8, 4) is 0 Å². The maximum Gasteiger partial charge on any atom is 0.0692 e. The molecular weight excluding hydrogens is 279 g/mol. The summed E-state index contributed by atoms with van der Waals surface area (Å²) in [6, 6.07) is 12.9. The van der Waals surface area contributed by atoms with Crippen molar-refractivity contribution >= 4 is 40.3 Å². The minimum Gasteiger partial charge on any atom is -0.399 e. The van der Waals surface area contributed by atoms with Gasteiger partial charge in [0.05, 0.1) is 15.7 Å². The number of rotatable bonds is 1. The first-order valence-corrected chi connectivity index (χ1v) is 6.94. The number of nitrogen functional groups attached to an aromatic ring is 1. The second kappa shape index (κ2) is 4.95. The lowest BCUT2D eigenvalue weighted by Crippen LogP contribution is -2.24. The second-order valence-corrected chi connectivity index (χ2v) is 5.43. The van der Waals surface area contributed by atoms with Gasteiger partial charge in [0.25, 0.3) is 0 Å². The SMILES string of the molecule is Nc1ccc2c(c1)N(c1[c]c(Cl)c(Cl)cc1)CCC2.